The molecule has 1 heterocycles. The highest BCUT2D eigenvalue weighted by molar-refractivity contribution is 5.97. The number of hydrogen-bond donors (Lipinski definition) is 2. The van der Waals surface area contributed by atoms with Gasteiger partial charge in [0.2, 0.25) is 0 Å². The van der Waals surface area contributed by atoms with Crippen molar-refractivity contribution in [3.8, 4) is 0 Å². The second kappa shape index (κ2) is 3.70. The molecule has 74 valence electrons. The Hall–Kier alpha value is -1.51. The second-order valence-electron chi connectivity index (χ2n) is 3.44. The lowest BCUT2D eigenvalue weighted by atomic mass is 9.97. The smallest absolute Gasteiger partial charge is 0.251 e. The summed E-state index contributed by atoms with van der Waals surface area (Å²) >= 11 is 0. The highest BCUT2D eigenvalue weighted by Gasteiger charge is 2.15. The van der Waals surface area contributed by atoms with Crippen molar-refractivity contribution in [2.45, 2.75) is 12.8 Å². The first-order valence-electron chi connectivity index (χ1n) is 4.91. The highest BCUT2D eigenvalue weighted by Crippen LogP contribution is 2.24. The van der Waals surface area contributed by atoms with E-state index >= 15 is 0 Å². The van der Waals surface area contributed by atoms with Crippen molar-refractivity contribution in [3.63, 3.8) is 0 Å². The van der Waals surface area contributed by atoms with Gasteiger partial charge in [0.05, 0.1) is 0 Å². The van der Waals surface area contributed by atoms with Crippen molar-refractivity contribution < 1.29 is 4.79 Å². The SMILES string of the molecule is CNC(=O)c1cccc2c1CCCN2. The van der Waals surface area contributed by atoms with Gasteiger partial charge in [-0.05, 0) is 30.5 Å². The van der Waals surface area contributed by atoms with Crippen LogP contribution in [0.5, 0.6) is 0 Å². The summed E-state index contributed by atoms with van der Waals surface area (Å²) < 4.78 is 0. The maximum absolute atomic E-state index is 11.5. The number of hydrogen-bond acceptors (Lipinski definition) is 2. The quantitative estimate of drug-likeness (QED) is 0.703. The number of amides is 1. The van der Waals surface area contributed by atoms with Crippen LogP contribution in [0.2, 0.25) is 0 Å². The van der Waals surface area contributed by atoms with Crippen LogP contribution in [-0.4, -0.2) is 19.5 Å². The predicted molar refractivity (Wildman–Crippen MR) is 56.6 cm³/mol. The first-order valence-corrected chi connectivity index (χ1v) is 4.91. The van der Waals surface area contributed by atoms with Crippen LogP contribution in [0, 0.1) is 0 Å². The molecule has 1 aliphatic heterocycles. The van der Waals surface area contributed by atoms with Gasteiger partial charge in [0.1, 0.15) is 0 Å². The summed E-state index contributed by atoms with van der Waals surface area (Å²) in [5, 5.41) is 5.97. The summed E-state index contributed by atoms with van der Waals surface area (Å²) in [6.45, 7) is 1.00. The first kappa shape index (κ1) is 9.06. The van der Waals surface area contributed by atoms with Gasteiger partial charge in [0.25, 0.3) is 5.91 Å². The van der Waals surface area contributed by atoms with Crippen LogP contribution < -0.4 is 10.6 Å². The first-order chi connectivity index (χ1) is 6.83. The molecule has 2 rings (SSSR count). The van der Waals surface area contributed by atoms with Crippen LogP contribution in [-0.2, 0) is 6.42 Å². The Balaban J connectivity index is 2.45. The summed E-state index contributed by atoms with van der Waals surface area (Å²) in [5.74, 6) is 0.00514. The van der Waals surface area contributed by atoms with Crippen molar-refractivity contribution in [1.82, 2.24) is 5.32 Å². The number of carbonyl (C=O) groups excluding carboxylic acids is 1. The average Bonchev–Trinajstić information content (AvgIpc) is 2.27. The molecule has 0 bridgehead atoms. The Labute approximate surface area is 83.5 Å². The fourth-order valence-electron chi connectivity index (χ4n) is 1.86. The zero-order valence-corrected chi connectivity index (χ0v) is 8.26. The average molecular weight is 190 g/mol. The molecule has 3 heteroatoms. The number of carbonyl (C=O) groups is 1. The van der Waals surface area contributed by atoms with Crippen molar-refractivity contribution in [1.29, 1.82) is 0 Å². The normalized spacial score (nSPS) is 14.1. The van der Waals surface area contributed by atoms with Crippen molar-refractivity contribution in [2.24, 2.45) is 0 Å². The van der Waals surface area contributed by atoms with E-state index in [4.69, 9.17) is 0 Å². The molecule has 14 heavy (non-hydrogen) atoms. The third kappa shape index (κ3) is 1.45. The van der Waals surface area contributed by atoms with Crippen LogP contribution >= 0.6 is 0 Å². The zero-order chi connectivity index (χ0) is 9.97. The molecule has 0 spiro atoms. The maximum Gasteiger partial charge on any atom is 0.251 e. The Morgan fingerprint density at radius 3 is 3.14 bits per heavy atom. The maximum atomic E-state index is 11.5. The molecular weight excluding hydrogens is 176 g/mol. The molecule has 0 unspecified atom stereocenters. The molecule has 0 aromatic heterocycles. The number of benzene rings is 1. The molecule has 3 nitrogen and oxygen atoms in total. The lowest BCUT2D eigenvalue weighted by Gasteiger charge is -2.20. The van der Waals surface area contributed by atoms with E-state index in [1.165, 1.54) is 0 Å². The minimum absolute atomic E-state index is 0.00514. The molecule has 0 atom stereocenters. The van der Waals surface area contributed by atoms with Crippen LogP contribution in [0.4, 0.5) is 5.69 Å². The van der Waals surface area contributed by atoms with E-state index < -0.39 is 0 Å². The van der Waals surface area contributed by atoms with Crippen molar-refractivity contribution in [3.05, 3.63) is 29.3 Å². The van der Waals surface area contributed by atoms with Crippen molar-refractivity contribution >= 4 is 11.6 Å². The lowest BCUT2D eigenvalue weighted by Crippen LogP contribution is -2.22. The van der Waals surface area contributed by atoms with E-state index in [0.717, 1.165) is 36.2 Å². The van der Waals surface area contributed by atoms with E-state index in [-0.39, 0.29) is 5.91 Å². The van der Waals surface area contributed by atoms with Gasteiger partial charge in [0.15, 0.2) is 0 Å². The number of nitrogens with one attached hydrogen (secondary N) is 2. The van der Waals surface area contributed by atoms with Crippen LogP contribution in [0.25, 0.3) is 0 Å². The number of rotatable bonds is 1. The van der Waals surface area contributed by atoms with Gasteiger partial charge < -0.3 is 10.6 Å². The Bertz CT molecular complexity index is 360. The molecule has 0 saturated heterocycles. The van der Waals surface area contributed by atoms with Crippen molar-refractivity contribution in [2.75, 3.05) is 18.9 Å². The standard InChI is InChI=1S/C11H14N2O/c1-12-11(14)9-4-2-6-10-8(9)5-3-7-13-10/h2,4,6,13H,3,5,7H2,1H3,(H,12,14). The monoisotopic (exact) mass is 190 g/mol. The van der Waals surface area contributed by atoms with Gasteiger partial charge >= 0.3 is 0 Å². The van der Waals surface area contributed by atoms with Gasteiger partial charge in [-0.2, -0.15) is 0 Å². The van der Waals surface area contributed by atoms with E-state index in [1.807, 2.05) is 18.2 Å². The Kier molecular flexibility index (Phi) is 2.39. The molecule has 1 aromatic carbocycles. The van der Waals surface area contributed by atoms with Crippen LogP contribution in [0.1, 0.15) is 22.3 Å². The molecule has 1 aliphatic rings. The van der Waals surface area contributed by atoms with E-state index in [9.17, 15) is 4.79 Å². The highest BCUT2D eigenvalue weighted by atomic mass is 16.1. The minimum atomic E-state index is 0.00514. The van der Waals surface area contributed by atoms with Gasteiger partial charge in [-0.15, -0.1) is 0 Å². The Morgan fingerprint density at radius 1 is 1.50 bits per heavy atom. The molecule has 0 radical (unpaired) electrons. The van der Waals surface area contributed by atoms with E-state index in [1.54, 1.807) is 7.05 Å². The summed E-state index contributed by atoms with van der Waals surface area (Å²) in [5.41, 5.74) is 3.06. The molecule has 1 aromatic rings. The molecule has 0 fully saturated rings. The number of anilines is 1. The van der Waals surface area contributed by atoms with Crippen LogP contribution in [0.3, 0.4) is 0 Å². The van der Waals surface area contributed by atoms with Crippen LogP contribution in [0.15, 0.2) is 18.2 Å². The fraction of sp³-hybridized carbons (Fsp3) is 0.364. The van der Waals surface area contributed by atoms with Gasteiger partial charge in [-0.1, -0.05) is 6.07 Å². The zero-order valence-electron chi connectivity index (χ0n) is 8.26. The molecule has 1 amide bonds. The molecule has 0 saturated carbocycles. The van der Waals surface area contributed by atoms with E-state index in [0.29, 0.717) is 0 Å². The summed E-state index contributed by atoms with van der Waals surface area (Å²) in [6.07, 6.45) is 2.09. The third-order valence-electron chi connectivity index (χ3n) is 2.57. The largest absolute Gasteiger partial charge is 0.385 e. The second-order valence-corrected chi connectivity index (χ2v) is 3.44. The van der Waals surface area contributed by atoms with E-state index in [2.05, 4.69) is 10.6 Å². The molecular formula is C11H14N2O. The summed E-state index contributed by atoms with van der Waals surface area (Å²) in [4.78, 5) is 11.5. The fourth-order valence-corrected chi connectivity index (χ4v) is 1.86. The third-order valence-corrected chi connectivity index (χ3v) is 2.57. The Morgan fingerprint density at radius 2 is 2.36 bits per heavy atom. The predicted octanol–water partition coefficient (Wildman–Crippen LogP) is 1.40. The minimum Gasteiger partial charge on any atom is -0.385 e. The summed E-state index contributed by atoms with van der Waals surface area (Å²) in [6, 6.07) is 5.83. The molecule has 0 aliphatic carbocycles. The van der Waals surface area contributed by atoms with Gasteiger partial charge in [-0.25, -0.2) is 0 Å². The topological polar surface area (TPSA) is 41.1 Å². The van der Waals surface area contributed by atoms with Gasteiger partial charge in [0, 0.05) is 24.8 Å². The summed E-state index contributed by atoms with van der Waals surface area (Å²) in [7, 11) is 1.66. The van der Waals surface area contributed by atoms with Gasteiger partial charge in [-0.3, -0.25) is 4.79 Å². The lowest BCUT2D eigenvalue weighted by molar-refractivity contribution is 0.0962. The molecule has 2 N–H and O–H groups in total. The number of fused-ring (bicyclic) bond motifs is 1.